The molecule has 0 amide bonds. The van der Waals surface area contributed by atoms with Crippen LogP contribution in [0.4, 0.5) is 0 Å². The van der Waals surface area contributed by atoms with Gasteiger partial charge in [0.05, 0.1) is 5.92 Å². The number of hydrogen-bond acceptors (Lipinski definition) is 4. The molecule has 56 valence electrons. The monoisotopic (exact) mass is 150 g/mol. The van der Waals surface area contributed by atoms with Crippen LogP contribution in [0.1, 0.15) is 11.5 Å². The highest BCUT2D eigenvalue weighted by molar-refractivity contribution is 5.84. The number of nitrogens with zero attached hydrogens (tertiary/aromatic N) is 2. The second kappa shape index (κ2) is 3.55. The third-order valence-electron chi connectivity index (χ3n) is 1.26. The first kappa shape index (κ1) is 7.53. The Hall–Kier alpha value is -1.58. The number of aromatic nitrogens is 2. The third kappa shape index (κ3) is 1.67. The molecular formula is C7H6N2O2. The summed E-state index contributed by atoms with van der Waals surface area (Å²) in [4.78, 5) is 27.8. The van der Waals surface area contributed by atoms with Crippen molar-refractivity contribution in [3.8, 4) is 0 Å². The first-order valence-electron chi connectivity index (χ1n) is 3.04. The molecule has 0 aliphatic rings. The van der Waals surface area contributed by atoms with Gasteiger partial charge in [-0.25, -0.2) is 9.97 Å². The summed E-state index contributed by atoms with van der Waals surface area (Å²) in [5.74, 6) is -0.726. The van der Waals surface area contributed by atoms with E-state index in [2.05, 4.69) is 9.97 Å². The number of rotatable bonds is 3. The van der Waals surface area contributed by atoms with Crippen LogP contribution in [0.25, 0.3) is 0 Å². The minimum Gasteiger partial charge on any atom is -0.302 e. The van der Waals surface area contributed by atoms with E-state index < -0.39 is 5.92 Å². The third-order valence-corrected chi connectivity index (χ3v) is 1.26. The lowest BCUT2D eigenvalue weighted by Gasteiger charge is -1.97. The van der Waals surface area contributed by atoms with E-state index in [4.69, 9.17) is 0 Å². The fourth-order valence-electron chi connectivity index (χ4n) is 0.672. The highest BCUT2D eigenvalue weighted by Crippen LogP contribution is 2.06. The SMILES string of the molecule is O=CC(C=O)c1cncnc1. The Kier molecular flexibility index (Phi) is 2.43. The van der Waals surface area contributed by atoms with E-state index in [0.717, 1.165) is 0 Å². The van der Waals surface area contributed by atoms with Crippen molar-refractivity contribution in [2.24, 2.45) is 0 Å². The number of carbonyl (C=O) groups excluding carboxylic acids is 2. The van der Waals surface area contributed by atoms with Crippen LogP contribution in [-0.2, 0) is 9.59 Å². The predicted molar refractivity (Wildman–Crippen MR) is 36.9 cm³/mol. The Balaban J connectivity index is 2.90. The number of carbonyl (C=O) groups is 2. The molecule has 0 aromatic carbocycles. The highest BCUT2D eigenvalue weighted by Gasteiger charge is 2.07. The molecule has 1 rings (SSSR count). The van der Waals surface area contributed by atoms with Crippen molar-refractivity contribution in [2.45, 2.75) is 5.92 Å². The van der Waals surface area contributed by atoms with E-state index in [-0.39, 0.29) is 0 Å². The first-order chi connectivity index (χ1) is 5.38. The van der Waals surface area contributed by atoms with Gasteiger partial charge in [-0.1, -0.05) is 0 Å². The zero-order valence-corrected chi connectivity index (χ0v) is 5.68. The lowest BCUT2D eigenvalue weighted by atomic mass is 10.1. The molecule has 0 N–H and O–H groups in total. The zero-order valence-electron chi connectivity index (χ0n) is 5.68. The summed E-state index contributed by atoms with van der Waals surface area (Å²) in [6.07, 6.45) is 5.36. The van der Waals surface area contributed by atoms with E-state index in [1.807, 2.05) is 0 Å². The van der Waals surface area contributed by atoms with Crippen LogP contribution in [0, 0.1) is 0 Å². The molecule has 11 heavy (non-hydrogen) atoms. The molecule has 0 aliphatic heterocycles. The molecule has 0 atom stereocenters. The summed E-state index contributed by atoms with van der Waals surface area (Å²) < 4.78 is 0. The van der Waals surface area contributed by atoms with Gasteiger partial charge < -0.3 is 9.59 Å². The summed E-state index contributed by atoms with van der Waals surface area (Å²) in [6.45, 7) is 0. The van der Waals surface area contributed by atoms with Crippen molar-refractivity contribution in [3.05, 3.63) is 24.3 Å². The van der Waals surface area contributed by atoms with Crippen molar-refractivity contribution in [1.29, 1.82) is 0 Å². The van der Waals surface area contributed by atoms with Gasteiger partial charge in [0.2, 0.25) is 0 Å². The average molecular weight is 150 g/mol. The molecule has 0 fully saturated rings. The summed E-state index contributed by atoms with van der Waals surface area (Å²) in [7, 11) is 0. The minimum absolute atomic E-state index is 0.525. The summed E-state index contributed by atoms with van der Waals surface area (Å²) >= 11 is 0. The molecule has 1 heterocycles. The second-order valence-corrected chi connectivity index (χ2v) is 1.97. The number of aldehydes is 2. The minimum atomic E-state index is -0.726. The zero-order chi connectivity index (χ0) is 8.10. The van der Waals surface area contributed by atoms with Crippen LogP contribution in [0.15, 0.2) is 18.7 Å². The molecule has 0 unspecified atom stereocenters. The molecule has 1 aromatic rings. The van der Waals surface area contributed by atoms with Crippen LogP contribution in [0.3, 0.4) is 0 Å². The van der Waals surface area contributed by atoms with Crippen LogP contribution in [0.5, 0.6) is 0 Å². The summed E-state index contributed by atoms with van der Waals surface area (Å²) in [5, 5.41) is 0. The van der Waals surface area contributed by atoms with Crippen molar-refractivity contribution in [3.63, 3.8) is 0 Å². The largest absolute Gasteiger partial charge is 0.302 e. The molecule has 0 aliphatic carbocycles. The molecule has 0 spiro atoms. The molecule has 0 bridgehead atoms. The fourth-order valence-corrected chi connectivity index (χ4v) is 0.672. The predicted octanol–water partition coefficient (Wildman–Crippen LogP) is -0.0420. The second-order valence-electron chi connectivity index (χ2n) is 1.97. The number of hydrogen-bond donors (Lipinski definition) is 0. The Labute approximate surface area is 63.3 Å². The Morgan fingerprint density at radius 1 is 1.18 bits per heavy atom. The maximum atomic E-state index is 10.2. The van der Waals surface area contributed by atoms with E-state index in [0.29, 0.717) is 18.1 Å². The normalized spacial score (nSPS) is 9.55. The van der Waals surface area contributed by atoms with Gasteiger partial charge in [0.15, 0.2) is 0 Å². The Morgan fingerprint density at radius 3 is 2.18 bits per heavy atom. The van der Waals surface area contributed by atoms with Gasteiger partial charge in [-0.3, -0.25) is 0 Å². The molecule has 4 heteroatoms. The maximum Gasteiger partial charge on any atom is 0.134 e. The lowest BCUT2D eigenvalue weighted by Crippen LogP contribution is -2.01. The van der Waals surface area contributed by atoms with E-state index in [9.17, 15) is 9.59 Å². The lowest BCUT2D eigenvalue weighted by molar-refractivity contribution is -0.116. The summed E-state index contributed by atoms with van der Waals surface area (Å²) in [5.41, 5.74) is 0.525. The maximum absolute atomic E-state index is 10.2. The quantitative estimate of drug-likeness (QED) is 0.448. The van der Waals surface area contributed by atoms with Crippen molar-refractivity contribution < 1.29 is 9.59 Å². The van der Waals surface area contributed by atoms with Gasteiger partial charge in [-0.05, 0) is 0 Å². The van der Waals surface area contributed by atoms with Gasteiger partial charge in [-0.2, -0.15) is 0 Å². The summed E-state index contributed by atoms with van der Waals surface area (Å²) in [6, 6.07) is 0. The van der Waals surface area contributed by atoms with Gasteiger partial charge >= 0.3 is 0 Å². The molecule has 4 nitrogen and oxygen atoms in total. The van der Waals surface area contributed by atoms with E-state index >= 15 is 0 Å². The van der Waals surface area contributed by atoms with Crippen molar-refractivity contribution in [2.75, 3.05) is 0 Å². The van der Waals surface area contributed by atoms with Crippen molar-refractivity contribution in [1.82, 2.24) is 9.97 Å². The molecule has 1 aromatic heterocycles. The van der Waals surface area contributed by atoms with Crippen molar-refractivity contribution >= 4 is 12.6 Å². The van der Waals surface area contributed by atoms with Gasteiger partial charge in [-0.15, -0.1) is 0 Å². The molecule has 0 saturated carbocycles. The van der Waals surface area contributed by atoms with E-state index in [1.165, 1.54) is 18.7 Å². The van der Waals surface area contributed by atoms with Gasteiger partial charge in [0.25, 0.3) is 0 Å². The van der Waals surface area contributed by atoms with Gasteiger partial charge in [0.1, 0.15) is 18.9 Å². The smallest absolute Gasteiger partial charge is 0.134 e. The van der Waals surface area contributed by atoms with Crippen LogP contribution in [0.2, 0.25) is 0 Å². The Bertz CT molecular complexity index is 240. The molecule has 0 saturated heterocycles. The fraction of sp³-hybridized carbons (Fsp3) is 0.143. The first-order valence-corrected chi connectivity index (χ1v) is 3.04. The standard InChI is InChI=1S/C7H6N2O2/c10-3-7(4-11)6-1-8-5-9-2-6/h1-5,7H. The molecule has 0 radical (unpaired) electrons. The highest BCUT2D eigenvalue weighted by atomic mass is 16.1. The van der Waals surface area contributed by atoms with Crippen LogP contribution >= 0.6 is 0 Å². The Morgan fingerprint density at radius 2 is 1.73 bits per heavy atom. The van der Waals surface area contributed by atoms with Crippen LogP contribution in [-0.4, -0.2) is 22.5 Å². The topological polar surface area (TPSA) is 59.9 Å². The van der Waals surface area contributed by atoms with Crippen LogP contribution < -0.4 is 0 Å². The molecular weight excluding hydrogens is 144 g/mol. The average Bonchev–Trinajstić information content (AvgIpc) is 2.09. The van der Waals surface area contributed by atoms with E-state index in [1.54, 1.807) is 0 Å². The van der Waals surface area contributed by atoms with Gasteiger partial charge in [0, 0.05) is 18.0 Å².